The van der Waals surface area contributed by atoms with Crippen LogP contribution >= 0.6 is 0 Å². The van der Waals surface area contributed by atoms with E-state index >= 15 is 0 Å². The Hall–Kier alpha value is -0.370. The molecule has 0 heterocycles. The number of ketones is 1. The van der Waals surface area contributed by atoms with Crippen molar-refractivity contribution >= 4 is 5.78 Å². The lowest BCUT2D eigenvalue weighted by molar-refractivity contribution is -0.125. The van der Waals surface area contributed by atoms with Crippen molar-refractivity contribution in [3.63, 3.8) is 0 Å². The normalized spacial score (nSPS) is 28.1. The summed E-state index contributed by atoms with van der Waals surface area (Å²) in [5, 5.41) is 0. The van der Waals surface area contributed by atoms with Crippen LogP contribution in [0.15, 0.2) is 0 Å². The van der Waals surface area contributed by atoms with Gasteiger partial charge in [-0.25, -0.2) is 0 Å². The van der Waals surface area contributed by atoms with Crippen LogP contribution in [0.5, 0.6) is 0 Å². The van der Waals surface area contributed by atoms with Gasteiger partial charge in [-0.1, -0.05) is 20.8 Å². The van der Waals surface area contributed by atoms with Crippen LogP contribution in [0.25, 0.3) is 0 Å². The highest BCUT2D eigenvalue weighted by atomic mass is 16.1. The highest BCUT2D eigenvalue weighted by Gasteiger charge is 2.34. The van der Waals surface area contributed by atoms with Gasteiger partial charge in [0.05, 0.1) is 0 Å². The monoisotopic (exact) mass is 183 g/mol. The van der Waals surface area contributed by atoms with E-state index in [2.05, 4.69) is 32.7 Å². The van der Waals surface area contributed by atoms with E-state index in [1.807, 2.05) is 0 Å². The van der Waals surface area contributed by atoms with Crippen molar-refractivity contribution in [2.24, 2.45) is 5.41 Å². The quantitative estimate of drug-likeness (QED) is 0.653. The van der Waals surface area contributed by atoms with Gasteiger partial charge in [-0.15, -0.1) is 0 Å². The topological polar surface area (TPSA) is 20.3 Å². The molecule has 13 heavy (non-hydrogen) atoms. The van der Waals surface area contributed by atoms with Gasteiger partial charge < -0.3 is 4.90 Å². The van der Waals surface area contributed by atoms with Gasteiger partial charge in [-0.3, -0.25) is 4.79 Å². The predicted octanol–water partition coefficient (Wildman–Crippen LogP) is 2.09. The number of rotatable bonds is 2. The van der Waals surface area contributed by atoms with Crippen molar-refractivity contribution in [1.82, 2.24) is 4.90 Å². The first-order valence-electron chi connectivity index (χ1n) is 5.16. The molecule has 76 valence electrons. The number of hydrogen-bond acceptors (Lipinski definition) is 2. The van der Waals surface area contributed by atoms with E-state index < -0.39 is 0 Å². The zero-order chi connectivity index (χ0) is 10.1. The highest BCUT2D eigenvalue weighted by Crippen LogP contribution is 2.34. The van der Waals surface area contributed by atoms with Gasteiger partial charge in [0, 0.05) is 18.9 Å². The first-order valence-corrected chi connectivity index (χ1v) is 5.16. The minimum absolute atomic E-state index is 0.212. The van der Waals surface area contributed by atoms with Gasteiger partial charge in [0.2, 0.25) is 0 Å². The molecule has 0 spiro atoms. The summed E-state index contributed by atoms with van der Waals surface area (Å²) in [5.41, 5.74) is 0.212. The second-order valence-electron chi connectivity index (χ2n) is 5.01. The summed E-state index contributed by atoms with van der Waals surface area (Å²) in [4.78, 5) is 13.8. The number of nitrogens with zero attached hydrogens (tertiary/aromatic N) is 1. The van der Waals surface area contributed by atoms with Crippen LogP contribution in [-0.4, -0.2) is 30.3 Å². The average Bonchev–Trinajstić information content (AvgIpc) is 1.99. The Bertz CT molecular complexity index is 198. The van der Waals surface area contributed by atoms with Gasteiger partial charge in [0.25, 0.3) is 0 Å². The van der Waals surface area contributed by atoms with Crippen molar-refractivity contribution in [3.05, 3.63) is 0 Å². The molecule has 0 aromatic rings. The Labute approximate surface area is 81.3 Å². The van der Waals surface area contributed by atoms with Gasteiger partial charge in [-0.05, 0) is 25.4 Å². The van der Waals surface area contributed by atoms with E-state index in [4.69, 9.17) is 0 Å². The van der Waals surface area contributed by atoms with Crippen molar-refractivity contribution < 1.29 is 4.79 Å². The third-order valence-electron chi connectivity index (χ3n) is 3.05. The molecule has 1 aliphatic rings. The first-order chi connectivity index (χ1) is 5.94. The largest absolute Gasteiger partial charge is 0.303 e. The summed E-state index contributed by atoms with van der Waals surface area (Å²) in [5.74, 6) is 0.432. The standard InChI is InChI=1S/C11H21NO/c1-5-12(4)9-6-10(13)8-11(2,3)7-9/h9H,5-8H2,1-4H3. The number of carbonyl (C=O) groups is 1. The Balaban J connectivity index is 2.62. The van der Waals surface area contributed by atoms with Gasteiger partial charge in [0.1, 0.15) is 5.78 Å². The van der Waals surface area contributed by atoms with Crippen LogP contribution in [0.4, 0.5) is 0 Å². The fourth-order valence-electron chi connectivity index (χ4n) is 2.22. The Morgan fingerprint density at radius 2 is 2.15 bits per heavy atom. The summed E-state index contributed by atoms with van der Waals surface area (Å²) in [6.07, 6.45) is 2.68. The summed E-state index contributed by atoms with van der Waals surface area (Å²) < 4.78 is 0. The van der Waals surface area contributed by atoms with Crippen LogP contribution in [0.2, 0.25) is 0 Å². The maximum atomic E-state index is 11.5. The molecule has 0 radical (unpaired) electrons. The smallest absolute Gasteiger partial charge is 0.135 e. The van der Waals surface area contributed by atoms with Crippen LogP contribution in [0.1, 0.15) is 40.0 Å². The number of Topliss-reactive ketones (excluding diaryl/α,β-unsaturated/α-hetero) is 1. The van der Waals surface area contributed by atoms with Gasteiger partial charge in [-0.2, -0.15) is 0 Å². The fourth-order valence-corrected chi connectivity index (χ4v) is 2.22. The van der Waals surface area contributed by atoms with Gasteiger partial charge in [0.15, 0.2) is 0 Å². The maximum Gasteiger partial charge on any atom is 0.135 e. The van der Waals surface area contributed by atoms with Crippen molar-refractivity contribution in [2.75, 3.05) is 13.6 Å². The van der Waals surface area contributed by atoms with Crippen LogP contribution in [0, 0.1) is 5.41 Å². The maximum absolute atomic E-state index is 11.5. The van der Waals surface area contributed by atoms with E-state index in [1.54, 1.807) is 0 Å². The van der Waals surface area contributed by atoms with Crippen LogP contribution in [-0.2, 0) is 4.79 Å². The second-order valence-corrected chi connectivity index (χ2v) is 5.01. The minimum atomic E-state index is 0.212. The van der Waals surface area contributed by atoms with E-state index in [9.17, 15) is 4.79 Å². The lowest BCUT2D eigenvalue weighted by atomic mass is 9.74. The lowest BCUT2D eigenvalue weighted by Crippen LogP contribution is -2.41. The molecule has 0 aliphatic heterocycles. The predicted molar refractivity (Wildman–Crippen MR) is 54.7 cm³/mol. The molecule has 1 unspecified atom stereocenters. The van der Waals surface area contributed by atoms with Crippen molar-refractivity contribution in [1.29, 1.82) is 0 Å². The highest BCUT2D eigenvalue weighted by molar-refractivity contribution is 5.80. The third kappa shape index (κ3) is 2.80. The molecule has 1 aliphatic carbocycles. The first kappa shape index (κ1) is 10.7. The van der Waals surface area contributed by atoms with Crippen LogP contribution in [0.3, 0.4) is 0 Å². The van der Waals surface area contributed by atoms with E-state index in [1.165, 1.54) is 0 Å². The zero-order valence-corrected chi connectivity index (χ0v) is 9.26. The molecule has 0 bridgehead atoms. The molecule has 2 nitrogen and oxygen atoms in total. The SMILES string of the molecule is CCN(C)C1CC(=O)CC(C)(C)C1. The van der Waals surface area contributed by atoms with E-state index in [0.29, 0.717) is 11.8 Å². The minimum Gasteiger partial charge on any atom is -0.303 e. The molecule has 1 fully saturated rings. The summed E-state index contributed by atoms with van der Waals surface area (Å²) in [6, 6.07) is 0.473. The Morgan fingerprint density at radius 3 is 2.62 bits per heavy atom. The van der Waals surface area contributed by atoms with E-state index in [-0.39, 0.29) is 5.41 Å². The molecule has 0 saturated heterocycles. The molecule has 0 aromatic carbocycles. The third-order valence-corrected chi connectivity index (χ3v) is 3.05. The molecule has 1 rings (SSSR count). The summed E-state index contributed by atoms with van der Waals surface area (Å²) in [7, 11) is 2.11. The number of carbonyl (C=O) groups excluding carboxylic acids is 1. The molecular weight excluding hydrogens is 162 g/mol. The van der Waals surface area contributed by atoms with Crippen LogP contribution < -0.4 is 0 Å². The average molecular weight is 183 g/mol. The molecule has 0 aromatic heterocycles. The molecule has 1 saturated carbocycles. The Morgan fingerprint density at radius 1 is 1.54 bits per heavy atom. The van der Waals surface area contributed by atoms with Gasteiger partial charge >= 0.3 is 0 Å². The Kier molecular flexibility index (Phi) is 3.12. The van der Waals surface area contributed by atoms with E-state index in [0.717, 1.165) is 25.8 Å². The second kappa shape index (κ2) is 3.79. The summed E-state index contributed by atoms with van der Waals surface area (Å²) >= 11 is 0. The molecular formula is C11H21NO. The zero-order valence-electron chi connectivity index (χ0n) is 9.26. The molecule has 1 atom stereocenters. The lowest BCUT2D eigenvalue weighted by Gasteiger charge is -2.38. The molecule has 0 N–H and O–H groups in total. The fraction of sp³-hybridized carbons (Fsp3) is 0.909. The van der Waals surface area contributed by atoms with Crippen molar-refractivity contribution in [3.8, 4) is 0 Å². The van der Waals surface area contributed by atoms with Crippen molar-refractivity contribution in [2.45, 2.75) is 46.1 Å². The number of hydrogen-bond donors (Lipinski definition) is 0. The molecule has 0 amide bonds. The molecule has 2 heteroatoms. The summed E-state index contributed by atoms with van der Waals surface area (Å²) in [6.45, 7) is 7.57.